The second kappa shape index (κ2) is 17.1. The summed E-state index contributed by atoms with van der Waals surface area (Å²) in [6.07, 6.45) is -29.3. The van der Waals surface area contributed by atoms with Crippen LogP contribution in [0.15, 0.2) is 0 Å². The van der Waals surface area contributed by atoms with Gasteiger partial charge in [0.25, 0.3) is 0 Å². The van der Waals surface area contributed by atoms with Crippen LogP contribution in [0.3, 0.4) is 0 Å². The molecule has 23 nitrogen and oxygen atoms in total. The molecule has 0 bridgehead atoms. The Labute approximate surface area is 289 Å². The number of hydrogen-bond donors (Lipinski definition) is 12. The van der Waals surface area contributed by atoms with E-state index in [1.54, 1.807) is 0 Å². The Balaban J connectivity index is 1.45. The van der Waals surface area contributed by atoms with Gasteiger partial charge in [0.15, 0.2) is 31.3 Å². The first kappa shape index (κ1) is 40.4. The lowest BCUT2D eigenvalue weighted by atomic mass is 9.93. The quantitative estimate of drug-likeness (QED) is 0.0975. The van der Waals surface area contributed by atoms with Gasteiger partial charge in [-0.25, -0.2) is 9.78 Å². The molecular weight excluding hydrogens is 700 g/mol. The number of aliphatic hydroxyl groups excluding tert-OH is 10. The van der Waals surface area contributed by atoms with Crippen molar-refractivity contribution in [3.05, 3.63) is 0 Å². The van der Waals surface area contributed by atoms with Gasteiger partial charge < -0.3 is 94.9 Å². The summed E-state index contributed by atoms with van der Waals surface area (Å²) in [5.74, 6) is -1.40. The molecule has 0 unspecified atom stereocenters. The molecule has 51 heavy (non-hydrogen) atoms. The number of hydrogen-bond acceptors (Lipinski definition) is 21. The fourth-order valence-corrected chi connectivity index (χ4v) is 6.60. The van der Waals surface area contributed by atoms with E-state index in [0.29, 0.717) is 0 Å². The minimum atomic E-state index is -1.80. The largest absolute Gasteiger partial charge is 0.394 e. The lowest BCUT2D eigenvalue weighted by Gasteiger charge is -2.51. The fourth-order valence-electron chi connectivity index (χ4n) is 6.60. The van der Waals surface area contributed by atoms with E-state index < -0.39 is 161 Å². The molecule has 0 saturated carbocycles. The lowest BCUT2D eigenvalue weighted by Crippen LogP contribution is -2.71. The molecule has 0 spiro atoms. The number of carbonyl (C=O) groups excluding carboxylic acids is 2. The monoisotopic (exact) mass is 746 g/mol. The maximum atomic E-state index is 12.5. The molecule has 0 radical (unpaired) electrons. The van der Waals surface area contributed by atoms with E-state index in [1.807, 2.05) is 0 Å². The Morgan fingerprint density at radius 1 is 0.608 bits per heavy atom. The molecule has 0 aromatic heterocycles. The molecule has 2 amide bonds. The standard InChI is InChI=1S/C28H46N2O21/c1-7(34)29-13-18(39)15(36)9(3-31)45-26(13)49-22-14(30-8(2)35)27(46-10(4-32)16(22)37)50-23-17(38)11(5-33)47-28-24(23)51-43-6-12-21(48-28)19(40)20(41)25(42)44-12/h9-28,31-33,36-42H,3-6H2,1-2H3,(H,29,34)(H,30,35)/t9-,10-,11-,12-,13-,14-,15+,16+,17+,18-,19-,20-,21+,22-,23+,24-,25-,26-,27+,28-/m1/s1. The van der Waals surface area contributed by atoms with Crippen molar-refractivity contribution in [2.75, 3.05) is 26.4 Å². The molecule has 5 aliphatic rings. The average molecular weight is 747 g/mol. The smallest absolute Gasteiger partial charge is 0.217 e. The highest BCUT2D eigenvalue weighted by atomic mass is 17.2. The van der Waals surface area contributed by atoms with Gasteiger partial charge in [-0.3, -0.25) is 9.59 Å². The van der Waals surface area contributed by atoms with Crippen molar-refractivity contribution in [1.82, 2.24) is 10.6 Å². The molecule has 5 rings (SSSR count). The van der Waals surface area contributed by atoms with Gasteiger partial charge in [0.1, 0.15) is 98.0 Å². The highest BCUT2D eigenvalue weighted by molar-refractivity contribution is 5.73. The predicted octanol–water partition coefficient (Wildman–Crippen LogP) is -8.48. The molecular formula is C28H46N2O21. The third-order valence-corrected chi connectivity index (χ3v) is 9.22. The van der Waals surface area contributed by atoms with E-state index in [1.165, 1.54) is 0 Å². The Hall–Kier alpha value is -1.82. The van der Waals surface area contributed by atoms with Gasteiger partial charge >= 0.3 is 0 Å². The zero-order valence-corrected chi connectivity index (χ0v) is 27.3. The summed E-state index contributed by atoms with van der Waals surface area (Å²) in [7, 11) is 0. The molecule has 0 aromatic rings. The lowest BCUT2D eigenvalue weighted by molar-refractivity contribution is -0.458. The van der Waals surface area contributed by atoms with Gasteiger partial charge in [0.05, 0.1) is 19.8 Å². The van der Waals surface area contributed by atoms with Crippen molar-refractivity contribution in [3.63, 3.8) is 0 Å². The number of ether oxygens (including phenoxy) is 7. The Morgan fingerprint density at radius 3 is 1.75 bits per heavy atom. The molecule has 23 heteroatoms. The van der Waals surface area contributed by atoms with Crippen LogP contribution in [0.4, 0.5) is 0 Å². The molecule has 5 fully saturated rings. The summed E-state index contributed by atoms with van der Waals surface area (Å²) in [5.41, 5.74) is 0. The van der Waals surface area contributed by atoms with Crippen LogP contribution in [-0.2, 0) is 52.5 Å². The predicted molar refractivity (Wildman–Crippen MR) is 155 cm³/mol. The summed E-state index contributed by atoms with van der Waals surface area (Å²) < 4.78 is 40.4. The second-order valence-corrected chi connectivity index (χ2v) is 12.8. The summed E-state index contributed by atoms with van der Waals surface area (Å²) in [6, 6.07) is -3.03. The molecule has 20 atom stereocenters. The van der Waals surface area contributed by atoms with E-state index in [2.05, 4.69) is 10.6 Å². The topological polar surface area (TPSA) is 344 Å². The second-order valence-electron chi connectivity index (χ2n) is 12.8. The average Bonchev–Trinajstić information content (AvgIpc) is 3.08. The van der Waals surface area contributed by atoms with Crippen LogP contribution >= 0.6 is 0 Å². The number of rotatable bonds is 9. The van der Waals surface area contributed by atoms with Crippen molar-refractivity contribution in [3.8, 4) is 0 Å². The Kier molecular flexibility index (Phi) is 13.5. The SMILES string of the molecule is CC(=O)N[C@H]1[C@@H](O[C@H]2[C@@H](O)[C@@H](CO)O[C@@H](O[C@H]3[C@@H](O)[C@@H](CO)O[C@@H]4O[C@@H]5[C@H](O)[C@@H](O)[C@H](O)O[C@@H]5COO[C@@H]43)[C@@H]2NC(C)=O)O[C@H](CO)[C@H](O)[C@@H]1O. The number of carbonyl (C=O) groups is 2. The van der Waals surface area contributed by atoms with Crippen molar-refractivity contribution < 1.29 is 104 Å². The van der Waals surface area contributed by atoms with Crippen molar-refractivity contribution >= 4 is 11.8 Å². The summed E-state index contributed by atoms with van der Waals surface area (Å²) in [6.45, 7) is -0.764. The third kappa shape index (κ3) is 8.46. The first-order valence-electron chi connectivity index (χ1n) is 16.2. The minimum absolute atomic E-state index is 0.476. The van der Waals surface area contributed by atoms with Gasteiger partial charge in [-0.05, 0) is 0 Å². The van der Waals surface area contributed by atoms with Gasteiger partial charge in [-0.2, -0.15) is 0 Å². The highest BCUT2D eigenvalue weighted by Crippen LogP contribution is 2.36. The number of fused-ring (bicyclic) bond motifs is 2. The van der Waals surface area contributed by atoms with E-state index in [4.69, 9.17) is 42.9 Å². The van der Waals surface area contributed by atoms with Crippen LogP contribution in [-0.4, -0.2) is 212 Å². The summed E-state index contributed by atoms with van der Waals surface area (Å²) in [4.78, 5) is 35.2. The van der Waals surface area contributed by atoms with Gasteiger partial charge in [0, 0.05) is 13.8 Å². The number of aliphatic hydroxyl groups is 10. The zero-order chi connectivity index (χ0) is 37.3. The number of nitrogens with one attached hydrogen (secondary N) is 2. The van der Waals surface area contributed by atoms with Crippen molar-refractivity contribution in [2.45, 2.75) is 137 Å². The first-order chi connectivity index (χ1) is 24.2. The summed E-state index contributed by atoms with van der Waals surface area (Å²) >= 11 is 0. The fraction of sp³-hybridized carbons (Fsp3) is 0.929. The van der Waals surface area contributed by atoms with Crippen LogP contribution in [0, 0.1) is 0 Å². The maximum absolute atomic E-state index is 12.5. The van der Waals surface area contributed by atoms with Crippen LogP contribution < -0.4 is 10.6 Å². The molecule has 0 aliphatic carbocycles. The van der Waals surface area contributed by atoms with Gasteiger partial charge in [0.2, 0.25) is 11.8 Å². The normalized spacial score (nSPS) is 49.1. The molecule has 12 N–H and O–H groups in total. The van der Waals surface area contributed by atoms with E-state index >= 15 is 0 Å². The minimum Gasteiger partial charge on any atom is -0.394 e. The highest BCUT2D eigenvalue weighted by Gasteiger charge is 2.57. The van der Waals surface area contributed by atoms with Gasteiger partial charge in [-0.1, -0.05) is 0 Å². The van der Waals surface area contributed by atoms with Crippen LogP contribution in [0.25, 0.3) is 0 Å². The maximum Gasteiger partial charge on any atom is 0.217 e. The van der Waals surface area contributed by atoms with E-state index in [9.17, 15) is 60.7 Å². The zero-order valence-electron chi connectivity index (χ0n) is 27.3. The Morgan fingerprint density at radius 2 is 1.14 bits per heavy atom. The third-order valence-electron chi connectivity index (χ3n) is 9.22. The van der Waals surface area contributed by atoms with Crippen molar-refractivity contribution in [1.29, 1.82) is 0 Å². The van der Waals surface area contributed by atoms with Crippen LogP contribution in [0.2, 0.25) is 0 Å². The number of amides is 2. The first-order valence-corrected chi connectivity index (χ1v) is 16.2. The van der Waals surface area contributed by atoms with E-state index in [0.717, 1.165) is 13.8 Å². The molecule has 0 aromatic carbocycles. The van der Waals surface area contributed by atoms with Crippen LogP contribution in [0.5, 0.6) is 0 Å². The molecule has 5 aliphatic heterocycles. The molecule has 5 saturated heterocycles. The summed E-state index contributed by atoms with van der Waals surface area (Å²) in [5, 5.41) is 109. The van der Waals surface area contributed by atoms with Gasteiger partial charge in [-0.15, -0.1) is 0 Å². The Bertz CT molecular complexity index is 1170. The van der Waals surface area contributed by atoms with Crippen LogP contribution in [0.1, 0.15) is 13.8 Å². The molecule has 294 valence electrons. The van der Waals surface area contributed by atoms with E-state index in [-0.39, 0.29) is 0 Å². The molecule has 5 heterocycles. The van der Waals surface area contributed by atoms with Crippen molar-refractivity contribution in [2.24, 2.45) is 0 Å².